The van der Waals surface area contributed by atoms with E-state index in [1.807, 2.05) is 6.92 Å². The van der Waals surface area contributed by atoms with Crippen LogP contribution in [0.3, 0.4) is 0 Å². The van der Waals surface area contributed by atoms with Crippen LogP contribution in [0, 0.1) is 6.92 Å². The molecule has 0 unspecified atom stereocenters. The summed E-state index contributed by atoms with van der Waals surface area (Å²) < 4.78 is 23.7. The highest BCUT2D eigenvalue weighted by molar-refractivity contribution is 7.86. The molecule has 0 bridgehead atoms. The molecule has 0 spiro atoms. The van der Waals surface area contributed by atoms with E-state index in [0.717, 1.165) is 0 Å². The molecule has 0 saturated carbocycles. The molecule has 1 aliphatic rings. The maximum absolute atomic E-state index is 12.5. The highest BCUT2D eigenvalue weighted by Crippen LogP contribution is 2.13. The Kier molecular flexibility index (Phi) is 4.55. The van der Waals surface area contributed by atoms with E-state index in [-0.39, 0.29) is 19.0 Å². The van der Waals surface area contributed by atoms with Crippen molar-refractivity contribution in [3.05, 3.63) is 23.0 Å². The Bertz CT molecular complexity index is 638. The number of hydrogen-bond acceptors (Lipinski definition) is 5. The van der Waals surface area contributed by atoms with Crippen molar-refractivity contribution < 1.29 is 13.2 Å². The minimum atomic E-state index is -3.69. The molecule has 1 amide bonds. The number of aromatic nitrogens is 2. The number of nitrogens with two attached hydrogens (primary N) is 1. The van der Waals surface area contributed by atoms with E-state index < -0.39 is 10.2 Å². The van der Waals surface area contributed by atoms with Crippen LogP contribution in [0.2, 0.25) is 0 Å². The van der Waals surface area contributed by atoms with E-state index in [0.29, 0.717) is 36.5 Å². The summed E-state index contributed by atoms with van der Waals surface area (Å²) in [6.07, 6.45) is 0.617. The molecule has 116 valence electrons. The van der Waals surface area contributed by atoms with E-state index in [2.05, 4.69) is 10.2 Å². The van der Waals surface area contributed by atoms with Crippen molar-refractivity contribution >= 4 is 16.1 Å². The van der Waals surface area contributed by atoms with Gasteiger partial charge < -0.3 is 4.90 Å². The lowest BCUT2D eigenvalue weighted by Crippen LogP contribution is -2.52. The molecule has 1 saturated heterocycles. The van der Waals surface area contributed by atoms with Crippen LogP contribution in [-0.2, 0) is 16.6 Å². The first kappa shape index (κ1) is 15.8. The Morgan fingerprint density at radius 3 is 2.43 bits per heavy atom. The van der Waals surface area contributed by atoms with Crippen LogP contribution >= 0.6 is 0 Å². The fraction of sp³-hybridized carbons (Fsp3) is 0.583. The van der Waals surface area contributed by atoms with Gasteiger partial charge in [0.25, 0.3) is 16.1 Å². The largest absolute Gasteiger partial charge is 0.336 e. The van der Waals surface area contributed by atoms with Gasteiger partial charge >= 0.3 is 0 Å². The Morgan fingerprint density at radius 1 is 1.29 bits per heavy atom. The normalized spacial score (nSPS) is 17.0. The molecule has 2 rings (SSSR count). The molecular weight excluding hydrogens is 294 g/mol. The maximum Gasteiger partial charge on any atom is 0.277 e. The number of carbonyl (C=O) groups is 1. The summed E-state index contributed by atoms with van der Waals surface area (Å²) in [5.41, 5.74) is 1.87. The Hall–Kier alpha value is -1.58. The first-order valence-corrected chi connectivity index (χ1v) is 8.23. The van der Waals surface area contributed by atoms with Crippen molar-refractivity contribution in [3.63, 3.8) is 0 Å². The van der Waals surface area contributed by atoms with Crippen LogP contribution in [0.25, 0.3) is 0 Å². The highest BCUT2D eigenvalue weighted by atomic mass is 32.2. The van der Waals surface area contributed by atoms with Crippen LogP contribution in [0.4, 0.5) is 0 Å². The van der Waals surface area contributed by atoms with Gasteiger partial charge in [-0.25, -0.2) is 5.14 Å². The van der Waals surface area contributed by atoms with Gasteiger partial charge in [0.1, 0.15) is 0 Å². The number of carbonyl (C=O) groups excluding carboxylic acids is 1. The van der Waals surface area contributed by atoms with Crippen LogP contribution in [-0.4, -0.2) is 59.9 Å². The number of rotatable bonds is 3. The van der Waals surface area contributed by atoms with Gasteiger partial charge in [-0.3, -0.25) is 4.79 Å². The van der Waals surface area contributed by atoms with E-state index in [9.17, 15) is 13.2 Å². The zero-order valence-corrected chi connectivity index (χ0v) is 12.9. The quantitative estimate of drug-likeness (QED) is 0.794. The van der Waals surface area contributed by atoms with Gasteiger partial charge in [-0.1, -0.05) is 6.92 Å². The molecule has 8 nitrogen and oxygen atoms in total. The van der Waals surface area contributed by atoms with Crippen molar-refractivity contribution in [2.24, 2.45) is 5.14 Å². The molecule has 1 aromatic rings. The Morgan fingerprint density at radius 2 is 1.90 bits per heavy atom. The van der Waals surface area contributed by atoms with Gasteiger partial charge in [0.2, 0.25) is 0 Å². The third-order valence-electron chi connectivity index (χ3n) is 3.44. The average molecular weight is 313 g/mol. The second-order valence-electron chi connectivity index (χ2n) is 4.94. The van der Waals surface area contributed by atoms with Gasteiger partial charge in [-0.2, -0.15) is 22.9 Å². The zero-order valence-electron chi connectivity index (χ0n) is 12.1. The highest BCUT2D eigenvalue weighted by Gasteiger charge is 2.28. The maximum atomic E-state index is 12.5. The topological polar surface area (TPSA) is 109 Å². The van der Waals surface area contributed by atoms with Crippen molar-refractivity contribution in [2.45, 2.75) is 20.3 Å². The SMILES string of the molecule is CCc1nnc(C)cc1C(=O)N1CCN(S(N)(=O)=O)CC1. The smallest absolute Gasteiger partial charge is 0.277 e. The van der Waals surface area contributed by atoms with E-state index in [4.69, 9.17) is 5.14 Å². The Labute approximate surface area is 124 Å². The Balaban J connectivity index is 2.14. The second-order valence-corrected chi connectivity index (χ2v) is 6.48. The number of piperazine rings is 1. The van der Waals surface area contributed by atoms with Crippen molar-refractivity contribution in [1.82, 2.24) is 19.4 Å². The lowest BCUT2D eigenvalue weighted by molar-refractivity contribution is 0.0696. The molecule has 2 heterocycles. The summed E-state index contributed by atoms with van der Waals surface area (Å²) in [7, 11) is -3.69. The van der Waals surface area contributed by atoms with Crippen LogP contribution in [0.1, 0.15) is 28.7 Å². The molecule has 1 fully saturated rings. The summed E-state index contributed by atoms with van der Waals surface area (Å²) in [4.78, 5) is 14.2. The summed E-state index contributed by atoms with van der Waals surface area (Å²) in [5, 5.41) is 13.1. The van der Waals surface area contributed by atoms with Crippen LogP contribution in [0.5, 0.6) is 0 Å². The predicted octanol–water partition coefficient (Wildman–Crippen LogP) is -0.691. The molecule has 2 N–H and O–H groups in total. The van der Waals surface area contributed by atoms with Crippen molar-refractivity contribution in [3.8, 4) is 0 Å². The number of aryl methyl sites for hydroxylation is 2. The summed E-state index contributed by atoms with van der Waals surface area (Å²) in [5.74, 6) is -0.140. The summed E-state index contributed by atoms with van der Waals surface area (Å²) in [6.45, 7) is 4.75. The monoisotopic (exact) mass is 313 g/mol. The molecule has 1 aromatic heterocycles. The molecule has 0 aliphatic carbocycles. The van der Waals surface area contributed by atoms with E-state index in [1.165, 1.54) is 4.31 Å². The van der Waals surface area contributed by atoms with Crippen LogP contribution < -0.4 is 5.14 Å². The average Bonchev–Trinajstić information content (AvgIpc) is 2.45. The molecule has 0 aromatic carbocycles. The van der Waals surface area contributed by atoms with E-state index >= 15 is 0 Å². The fourth-order valence-electron chi connectivity index (χ4n) is 2.28. The zero-order chi connectivity index (χ0) is 15.6. The molecule has 9 heteroatoms. The van der Waals surface area contributed by atoms with Crippen molar-refractivity contribution in [1.29, 1.82) is 0 Å². The predicted molar refractivity (Wildman–Crippen MR) is 76.7 cm³/mol. The summed E-state index contributed by atoms with van der Waals surface area (Å²) in [6, 6.07) is 1.72. The molecule has 21 heavy (non-hydrogen) atoms. The van der Waals surface area contributed by atoms with Crippen molar-refractivity contribution in [2.75, 3.05) is 26.2 Å². The third kappa shape index (κ3) is 3.55. The first-order valence-electron chi connectivity index (χ1n) is 6.73. The standard InChI is InChI=1S/C12H19N5O3S/c1-3-11-10(8-9(2)14-15-11)12(18)16-4-6-17(7-5-16)21(13,19)20/h8H,3-7H2,1-2H3,(H2,13,19,20). The molecule has 0 radical (unpaired) electrons. The van der Waals surface area contributed by atoms with Gasteiger partial charge in [0.05, 0.1) is 17.0 Å². The van der Waals surface area contributed by atoms with Gasteiger partial charge in [-0.15, -0.1) is 0 Å². The minimum Gasteiger partial charge on any atom is -0.336 e. The molecule has 1 aliphatic heterocycles. The lowest BCUT2D eigenvalue weighted by atomic mass is 10.1. The number of amides is 1. The number of nitrogens with zero attached hydrogens (tertiary/aromatic N) is 4. The van der Waals surface area contributed by atoms with E-state index in [1.54, 1.807) is 17.9 Å². The van der Waals surface area contributed by atoms with Gasteiger partial charge in [0, 0.05) is 26.2 Å². The second kappa shape index (κ2) is 6.04. The number of hydrogen-bond donors (Lipinski definition) is 1. The van der Waals surface area contributed by atoms with Gasteiger partial charge in [0.15, 0.2) is 0 Å². The van der Waals surface area contributed by atoms with Gasteiger partial charge in [-0.05, 0) is 19.4 Å². The van der Waals surface area contributed by atoms with Crippen LogP contribution in [0.15, 0.2) is 6.07 Å². The first-order chi connectivity index (χ1) is 9.82. The third-order valence-corrected chi connectivity index (χ3v) is 4.53. The molecule has 0 atom stereocenters. The fourth-order valence-corrected chi connectivity index (χ4v) is 2.95. The summed E-state index contributed by atoms with van der Waals surface area (Å²) >= 11 is 0. The minimum absolute atomic E-state index is 0.140. The lowest BCUT2D eigenvalue weighted by Gasteiger charge is -2.33. The molecular formula is C12H19N5O3S.